The van der Waals surface area contributed by atoms with Gasteiger partial charge in [0.15, 0.2) is 0 Å². The number of hydrogen-bond acceptors (Lipinski definition) is 5. The third-order valence-corrected chi connectivity index (χ3v) is 3.21. The van der Waals surface area contributed by atoms with E-state index in [2.05, 4.69) is 4.98 Å². The number of benzene rings is 2. The summed E-state index contributed by atoms with van der Waals surface area (Å²) < 4.78 is 11.3. The number of hydrogen-bond donors (Lipinski definition) is 1. The number of para-hydroxylation sites is 1. The molecule has 0 saturated carbocycles. The van der Waals surface area contributed by atoms with Crippen LogP contribution in [0.2, 0.25) is 0 Å². The van der Waals surface area contributed by atoms with Crippen molar-refractivity contribution in [3.63, 3.8) is 0 Å². The van der Waals surface area contributed by atoms with E-state index >= 15 is 0 Å². The van der Waals surface area contributed by atoms with Crippen molar-refractivity contribution in [2.45, 2.75) is 0 Å². The molecule has 2 aromatic carbocycles. The summed E-state index contributed by atoms with van der Waals surface area (Å²) in [4.78, 5) is 4.04. The number of nitrogens with zero attached hydrogens (tertiary/aromatic N) is 1. The molecule has 3 rings (SSSR count). The van der Waals surface area contributed by atoms with E-state index in [0.717, 1.165) is 11.5 Å². The summed E-state index contributed by atoms with van der Waals surface area (Å²) in [6.45, 7) is 0. The average Bonchev–Trinajstić information content (AvgIpc) is 2.88. The van der Waals surface area contributed by atoms with E-state index in [0.29, 0.717) is 15.9 Å². The Kier molecular flexibility index (Phi) is 3.52. The number of ether oxygens (including phenoxy) is 2. The molecule has 20 heavy (non-hydrogen) atoms. The van der Waals surface area contributed by atoms with Crippen LogP contribution in [0.4, 0.5) is 5.00 Å². The number of nitrogens with two attached hydrogens (primary N) is 1. The van der Waals surface area contributed by atoms with Crippen LogP contribution in [0.1, 0.15) is 0 Å². The van der Waals surface area contributed by atoms with Crippen LogP contribution in [-0.4, -0.2) is 4.98 Å². The number of anilines is 1. The second-order valence-electron chi connectivity index (χ2n) is 4.02. The van der Waals surface area contributed by atoms with Gasteiger partial charge in [-0.15, -0.1) is 0 Å². The summed E-state index contributed by atoms with van der Waals surface area (Å²) in [5, 5.41) is 1.16. The van der Waals surface area contributed by atoms with Crippen molar-refractivity contribution in [1.29, 1.82) is 0 Å². The molecule has 100 valence electrons. The highest BCUT2D eigenvalue weighted by atomic mass is 32.1. The molecule has 4 nitrogen and oxygen atoms in total. The van der Waals surface area contributed by atoms with E-state index in [1.165, 1.54) is 11.3 Å². The molecule has 2 N–H and O–H groups in total. The Bertz CT molecular complexity index is 681. The molecule has 0 spiro atoms. The molecule has 0 unspecified atom stereocenters. The number of aromatic nitrogens is 1. The van der Waals surface area contributed by atoms with Crippen LogP contribution in [0.25, 0.3) is 0 Å². The van der Waals surface area contributed by atoms with Gasteiger partial charge in [0, 0.05) is 0 Å². The summed E-state index contributed by atoms with van der Waals surface area (Å²) in [6, 6.07) is 17.0. The monoisotopic (exact) mass is 284 g/mol. The first-order valence-corrected chi connectivity index (χ1v) is 6.83. The predicted molar refractivity (Wildman–Crippen MR) is 79.6 cm³/mol. The summed E-state index contributed by atoms with van der Waals surface area (Å²) in [6.07, 6.45) is 1.58. The Morgan fingerprint density at radius 1 is 0.800 bits per heavy atom. The minimum atomic E-state index is 0.527. The minimum absolute atomic E-state index is 0.527. The van der Waals surface area contributed by atoms with E-state index in [4.69, 9.17) is 15.2 Å². The molecule has 0 aliphatic rings. The van der Waals surface area contributed by atoms with Crippen molar-refractivity contribution in [2.75, 3.05) is 5.73 Å². The molecule has 0 fully saturated rings. The van der Waals surface area contributed by atoms with Crippen LogP contribution in [0.3, 0.4) is 0 Å². The average molecular weight is 284 g/mol. The molecule has 0 aliphatic carbocycles. The first-order valence-electron chi connectivity index (χ1n) is 6.02. The summed E-state index contributed by atoms with van der Waals surface area (Å²) >= 11 is 1.30. The van der Waals surface area contributed by atoms with Gasteiger partial charge < -0.3 is 15.2 Å². The second-order valence-corrected chi connectivity index (χ2v) is 5.04. The van der Waals surface area contributed by atoms with Crippen LogP contribution in [0.15, 0.2) is 60.8 Å². The molecule has 3 aromatic rings. The van der Waals surface area contributed by atoms with Gasteiger partial charge in [-0.05, 0) is 36.4 Å². The Morgan fingerprint density at radius 2 is 1.40 bits per heavy atom. The third-order valence-electron chi connectivity index (χ3n) is 2.51. The van der Waals surface area contributed by atoms with E-state index in [1.807, 2.05) is 54.6 Å². The maximum atomic E-state index is 5.70. The molecular formula is C15H12N2O2S. The van der Waals surface area contributed by atoms with E-state index in [1.54, 1.807) is 6.20 Å². The van der Waals surface area contributed by atoms with Gasteiger partial charge in [-0.1, -0.05) is 29.5 Å². The molecule has 1 aromatic heterocycles. The molecule has 1 heterocycles. The summed E-state index contributed by atoms with van der Waals surface area (Å²) in [5.74, 6) is 2.25. The highest BCUT2D eigenvalue weighted by molar-refractivity contribution is 7.17. The summed E-state index contributed by atoms with van der Waals surface area (Å²) in [7, 11) is 0. The lowest BCUT2D eigenvalue weighted by molar-refractivity contribution is 0.467. The number of rotatable bonds is 4. The van der Waals surface area contributed by atoms with Gasteiger partial charge in [-0.25, -0.2) is 4.98 Å². The highest BCUT2D eigenvalue weighted by Crippen LogP contribution is 2.29. The van der Waals surface area contributed by atoms with Crippen molar-refractivity contribution in [3.8, 4) is 22.4 Å². The van der Waals surface area contributed by atoms with Crippen molar-refractivity contribution in [2.24, 2.45) is 0 Å². The maximum absolute atomic E-state index is 5.70. The van der Waals surface area contributed by atoms with E-state index in [9.17, 15) is 0 Å². The Balaban J connectivity index is 1.68. The lowest BCUT2D eigenvalue weighted by Gasteiger charge is -2.06. The van der Waals surface area contributed by atoms with Crippen LogP contribution < -0.4 is 15.2 Å². The fourth-order valence-corrected chi connectivity index (χ4v) is 2.17. The smallest absolute Gasteiger partial charge is 0.280 e. The zero-order valence-corrected chi connectivity index (χ0v) is 11.3. The Labute approximate surface area is 120 Å². The Morgan fingerprint density at radius 3 is 2.00 bits per heavy atom. The second kappa shape index (κ2) is 5.63. The first kappa shape index (κ1) is 12.5. The Hall–Kier alpha value is -2.53. The molecule has 0 aliphatic heterocycles. The normalized spacial score (nSPS) is 10.2. The lowest BCUT2D eigenvalue weighted by atomic mass is 10.3. The molecule has 0 saturated heterocycles. The van der Waals surface area contributed by atoms with Crippen LogP contribution in [0, 0.1) is 0 Å². The van der Waals surface area contributed by atoms with Crippen molar-refractivity contribution < 1.29 is 9.47 Å². The molecule has 0 amide bonds. The summed E-state index contributed by atoms with van der Waals surface area (Å²) in [5.41, 5.74) is 5.60. The van der Waals surface area contributed by atoms with Crippen molar-refractivity contribution >= 4 is 16.3 Å². The van der Waals surface area contributed by atoms with E-state index < -0.39 is 0 Å². The van der Waals surface area contributed by atoms with Gasteiger partial charge in [0.25, 0.3) is 5.19 Å². The van der Waals surface area contributed by atoms with Gasteiger partial charge >= 0.3 is 0 Å². The molecule has 0 atom stereocenters. The van der Waals surface area contributed by atoms with Crippen molar-refractivity contribution in [3.05, 3.63) is 60.8 Å². The van der Waals surface area contributed by atoms with Gasteiger partial charge in [0.2, 0.25) is 0 Å². The predicted octanol–water partition coefficient (Wildman–Crippen LogP) is 4.31. The highest BCUT2D eigenvalue weighted by Gasteiger charge is 2.03. The topological polar surface area (TPSA) is 57.4 Å². The number of thiazole rings is 1. The van der Waals surface area contributed by atoms with Crippen LogP contribution >= 0.6 is 11.3 Å². The van der Waals surface area contributed by atoms with Gasteiger partial charge in [0.1, 0.15) is 22.2 Å². The molecule has 0 radical (unpaired) electrons. The molecule has 0 bridgehead atoms. The zero-order valence-electron chi connectivity index (χ0n) is 10.5. The fourth-order valence-electron chi connectivity index (χ4n) is 1.62. The molecule has 5 heteroatoms. The number of nitrogen functional groups attached to an aromatic ring is 1. The van der Waals surface area contributed by atoms with Crippen molar-refractivity contribution in [1.82, 2.24) is 4.98 Å². The first-order chi connectivity index (χ1) is 9.79. The van der Waals surface area contributed by atoms with Crippen LogP contribution in [0.5, 0.6) is 22.4 Å². The molecular weight excluding hydrogens is 272 g/mol. The fraction of sp³-hybridized carbons (Fsp3) is 0. The minimum Gasteiger partial charge on any atom is -0.457 e. The van der Waals surface area contributed by atoms with Gasteiger partial charge in [-0.2, -0.15) is 0 Å². The maximum Gasteiger partial charge on any atom is 0.280 e. The standard InChI is InChI=1S/C15H12N2O2S/c16-14-10-17-15(20-14)19-13-8-6-12(7-9-13)18-11-4-2-1-3-5-11/h1-10H,16H2. The third kappa shape index (κ3) is 3.07. The zero-order chi connectivity index (χ0) is 13.8. The quantitative estimate of drug-likeness (QED) is 0.775. The lowest BCUT2D eigenvalue weighted by Crippen LogP contribution is -1.85. The largest absolute Gasteiger partial charge is 0.457 e. The SMILES string of the molecule is Nc1cnc(Oc2ccc(Oc3ccccc3)cc2)s1. The van der Waals surface area contributed by atoms with Crippen LogP contribution in [-0.2, 0) is 0 Å². The van der Waals surface area contributed by atoms with Gasteiger partial charge in [-0.3, -0.25) is 0 Å². The van der Waals surface area contributed by atoms with Gasteiger partial charge in [0.05, 0.1) is 6.20 Å². The van der Waals surface area contributed by atoms with E-state index in [-0.39, 0.29) is 0 Å².